The normalized spacial score (nSPS) is 22.2. The summed E-state index contributed by atoms with van der Waals surface area (Å²) in [6.07, 6.45) is 2.80. The molecule has 1 unspecified atom stereocenters. The number of hydrogen-bond donors (Lipinski definition) is 0. The number of halogens is 1. The van der Waals surface area contributed by atoms with Crippen LogP contribution in [0.2, 0.25) is 0 Å². The molecule has 2 aromatic rings. The minimum absolute atomic E-state index is 0.0244. The van der Waals surface area contributed by atoms with Crippen LogP contribution in [0.3, 0.4) is 0 Å². The summed E-state index contributed by atoms with van der Waals surface area (Å²) in [5.74, 6) is -0.367. The third-order valence-electron chi connectivity index (χ3n) is 5.75. The summed E-state index contributed by atoms with van der Waals surface area (Å²) in [4.78, 5) is 28.7. The van der Waals surface area contributed by atoms with E-state index in [0.29, 0.717) is 38.2 Å². The third kappa shape index (κ3) is 4.48. The number of amides is 2. The monoisotopic (exact) mass is 396 g/mol. The Hall–Kier alpha value is -2.73. The summed E-state index contributed by atoms with van der Waals surface area (Å²) in [6.45, 7) is 1.54. The molecule has 2 aromatic carbocycles. The van der Waals surface area contributed by atoms with Gasteiger partial charge in [0.25, 0.3) is 5.91 Å². The van der Waals surface area contributed by atoms with E-state index >= 15 is 0 Å². The van der Waals surface area contributed by atoms with E-state index in [1.165, 1.54) is 12.1 Å². The number of aryl methyl sites for hydroxylation is 1. The molecule has 2 aliphatic heterocycles. The van der Waals surface area contributed by atoms with Gasteiger partial charge in [0.15, 0.2) is 0 Å². The lowest BCUT2D eigenvalue weighted by molar-refractivity contribution is -0.153. The Morgan fingerprint density at radius 3 is 2.59 bits per heavy atom. The first-order valence-electron chi connectivity index (χ1n) is 10.1. The van der Waals surface area contributed by atoms with Crippen molar-refractivity contribution in [3.8, 4) is 0 Å². The van der Waals surface area contributed by atoms with E-state index in [1.807, 2.05) is 35.2 Å². The summed E-state index contributed by atoms with van der Waals surface area (Å²) >= 11 is 0. The van der Waals surface area contributed by atoms with Gasteiger partial charge in [-0.3, -0.25) is 9.59 Å². The van der Waals surface area contributed by atoms with Crippen molar-refractivity contribution >= 4 is 17.5 Å². The van der Waals surface area contributed by atoms with Gasteiger partial charge in [0.2, 0.25) is 5.91 Å². The molecule has 2 amide bonds. The van der Waals surface area contributed by atoms with Crippen LogP contribution in [0.25, 0.3) is 0 Å². The van der Waals surface area contributed by atoms with Crippen LogP contribution in [0.1, 0.15) is 24.8 Å². The van der Waals surface area contributed by atoms with Crippen molar-refractivity contribution in [2.75, 3.05) is 31.1 Å². The first kappa shape index (κ1) is 19.6. The fourth-order valence-electron chi connectivity index (χ4n) is 4.18. The fraction of sp³-hybridized carbons (Fsp3) is 0.391. The highest BCUT2D eigenvalue weighted by molar-refractivity contribution is 5.95. The summed E-state index contributed by atoms with van der Waals surface area (Å²) in [5.41, 5.74) is 1.24. The minimum atomic E-state index is -0.567. The van der Waals surface area contributed by atoms with Crippen molar-refractivity contribution in [3.05, 3.63) is 66.0 Å². The number of anilines is 1. The van der Waals surface area contributed by atoms with Gasteiger partial charge in [-0.25, -0.2) is 4.39 Å². The largest absolute Gasteiger partial charge is 0.361 e. The van der Waals surface area contributed by atoms with Gasteiger partial charge in [0.05, 0.1) is 13.1 Å². The maximum absolute atomic E-state index is 13.3. The number of ether oxygens (including phenoxy) is 1. The second-order valence-corrected chi connectivity index (χ2v) is 7.83. The molecule has 2 saturated heterocycles. The molecule has 0 N–H and O–H groups in total. The van der Waals surface area contributed by atoms with Crippen LogP contribution in [0.15, 0.2) is 54.6 Å². The zero-order valence-corrected chi connectivity index (χ0v) is 16.4. The average Bonchev–Trinajstić information content (AvgIpc) is 2.75. The van der Waals surface area contributed by atoms with Crippen LogP contribution in [0.5, 0.6) is 0 Å². The number of likely N-dealkylation sites (tertiary alicyclic amines) is 1. The molecule has 6 heteroatoms. The number of piperidine rings is 1. The van der Waals surface area contributed by atoms with Crippen LogP contribution >= 0.6 is 0 Å². The van der Waals surface area contributed by atoms with Crippen molar-refractivity contribution in [2.45, 2.75) is 31.3 Å². The van der Waals surface area contributed by atoms with E-state index in [-0.39, 0.29) is 24.2 Å². The Morgan fingerprint density at radius 2 is 1.83 bits per heavy atom. The maximum Gasteiger partial charge on any atom is 0.253 e. The Morgan fingerprint density at radius 1 is 1.07 bits per heavy atom. The van der Waals surface area contributed by atoms with Gasteiger partial charge in [0, 0.05) is 18.7 Å². The lowest BCUT2D eigenvalue weighted by atomic mass is 9.90. The number of benzene rings is 2. The molecule has 0 radical (unpaired) electrons. The van der Waals surface area contributed by atoms with Crippen LogP contribution < -0.4 is 4.90 Å². The van der Waals surface area contributed by atoms with Gasteiger partial charge >= 0.3 is 0 Å². The Kier molecular flexibility index (Phi) is 5.62. The molecule has 2 fully saturated rings. The number of rotatable bonds is 4. The van der Waals surface area contributed by atoms with Gasteiger partial charge in [0.1, 0.15) is 18.0 Å². The second-order valence-electron chi connectivity index (χ2n) is 7.83. The summed E-state index contributed by atoms with van der Waals surface area (Å²) in [5, 5.41) is 0. The first-order valence-corrected chi connectivity index (χ1v) is 10.1. The zero-order chi connectivity index (χ0) is 20.3. The van der Waals surface area contributed by atoms with Crippen LogP contribution in [0.4, 0.5) is 10.1 Å². The predicted molar refractivity (Wildman–Crippen MR) is 108 cm³/mol. The maximum atomic E-state index is 13.3. The predicted octanol–water partition coefficient (Wildman–Crippen LogP) is 3.18. The van der Waals surface area contributed by atoms with Gasteiger partial charge < -0.3 is 14.5 Å². The van der Waals surface area contributed by atoms with E-state index in [4.69, 9.17) is 4.74 Å². The summed E-state index contributed by atoms with van der Waals surface area (Å²) < 4.78 is 19.2. The molecule has 5 nitrogen and oxygen atoms in total. The van der Waals surface area contributed by atoms with Crippen molar-refractivity contribution in [3.63, 3.8) is 0 Å². The highest BCUT2D eigenvalue weighted by Gasteiger charge is 2.44. The molecule has 0 saturated carbocycles. The van der Waals surface area contributed by atoms with Crippen molar-refractivity contribution < 1.29 is 18.7 Å². The van der Waals surface area contributed by atoms with E-state index in [2.05, 4.69) is 0 Å². The van der Waals surface area contributed by atoms with E-state index in [9.17, 15) is 14.0 Å². The molecule has 152 valence electrons. The molecule has 0 bridgehead atoms. The highest BCUT2D eigenvalue weighted by Crippen LogP contribution is 2.32. The van der Waals surface area contributed by atoms with Crippen molar-refractivity contribution in [1.29, 1.82) is 0 Å². The molecular formula is C23H25FN2O3. The van der Waals surface area contributed by atoms with Gasteiger partial charge in [-0.1, -0.05) is 30.3 Å². The van der Waals surface area contributed by atoms with Gasteiger partial charge in [-0.15, -0.1) is 0 Å². The van der Waals surface area contributed by atoms with E-state index < -0.39 is 5.60 Å². The van der Waals surface area contributed by atoms with E-state index in [0.717, 1.165) is 18.4 Å². The molecule has 2 heterocycles. The molecule has 2 aliphatic rings. The quantitative estimate of drug-likeness (QED) is 0.798. The van der Waals surface area contributed by atoms with Gasteiger partial charge in [-0.2, -0.15) is 0 Å². The molecule has 1 spiro atoms. The molecule has 4 rings (SSSR count). The molecule has 0 aliphatic carbocycles. The Labute approximate surface area is 170 Å². The fourth-order valence-corrected chi connectivity index (χ4v) is 4.18. The molecule has 29 heavy (non-hydrogen) atoms. The number of nitrogens with zero attached hydrogens (tertiary/aromatic N) is 2. The van der Waals surface area contributed by atoms with Gasteiger partial charge in [-0.05, 0) is 49.1 Å². The number of hydrogen-bond acceptors (Lipinski definition) is 3. The molecular weight excluding hydrogens is 371 g/mol. The van der Waals surface area contributed by atoms with Crippen LogP contribution in [0, 0.1) is 5.82 Å². The van der Waals surface area contributed by atoms with Crippen LogP contribution in [-0.4, -0.2) is 48.6 Å². The average molecular weight is 396 g/mol. The smallest absolute Gasteiger partial charge is 0.253 e. The van der Waals surface area contributed by atoms with E-state index in [1.54, 1.807) is 17.0 Å². The molecule has 0 aromatic heterocycles. The summed E-state index contributed by atoms with van der Waals surface area (Å²) in [6, 6.07) is 15.9. The first-order chi connectivity index (χ1) is 14.0. The minimum Gasteiger partial charge on any atom is -0.361 e. The number of carbonyl (C=O) groups is 2. The van der Waals surface area contributed by atoms with Crippen LogP contribution in [-0.2, 0) is 20.7 Å². The third-order valence-corrected chi connectivity index (χ3v) is 5.75. The van der Waals surface area contributed by atoms with Crippen molar-refractivity contribution in [2.24, 2.45) is 0 Å². The number of carbonyl (C=O) groups excluding carboxylic acids is 2. The number of morpholine rings is 1. The zero-order valence-electron chi connectivity index (χ0n) is 16.4. The highest BCUT2D eigenvalue weighted by atomic mass is 19.1. The molecule has 1 atom stereocenters. The Bertz CT molecular complexity index is 871. The second kappa shape index (κ2) is 8.33. The summed E-state index contributed by atoms with van der Waals surface area (Å²) in [7, 11) is 0. The standard InChI is InChI=1S/C23H25FN2O3/c24-19-8-10-20(11-9-19)26-17-23(29-15-22(26)28)13-4-14-25(16-23)21(27)12-7-18-5-2-1-3-6-18/h1-3,5-6,8-11H,4,7,12-17H2. The lowest BCUT2D eigenvalue weighted by Crippen LogP contribution is -2.62. The Balaban J connectivity index is 1.42. The topological polar surface area (TPSA) is 49.9 Å². The SMILES string of the molecule is O=C(CCc1ccccc1)N1CCCC2(C1)CN(c1ccc(F)cc1)C(=O)CO2. The lowest BCUT2D eigenvalue weighted by Gasteiger charge is -2.47. The van der Waals surface area contributed by atoms with Crippen molar-refractivity contribution in [1.82, 2.24) is 4.90 Å².